The molecule has 30 heavy (non-hydrogen) atoms. The van der Waals surface area contributed by atoms with Gasteiger partial charge in [0.15, 0.2) is 0 Å². The van der Waals surface area contributed by atoms with E-state index in [0.29, 0.717) is 10.6 Å². The second-order valence-electron chi connectivity index (χ2n) is 6.21. The molecule has 0 spiro atoms. The summed E-state index contributed by atoms with van der Waals surface area (Å²) in [6.45, 7) is 1.57. The fourth-order valence-electron chi connectivity index (χ4n) is 2.77. The minimum Gasteiger partial charge on any atom is -0.496 e. The maximum absolute atomic E-state index is 14.3. The molecule has 0 atom stereocenters. The number of rotatable bonds is 5. The van der Waals surface area contributed by atoms with Crippen molar-refractivity contribution in [3.63, 3.8) is 0 Å². The van der Waals surface area contributed by atoms with Crippen LogP contribution in [0.1, 0.15) is 15.9 Å². The largest absolute Gasteiger partial charge is 0.496 e. The molecule has 1 N–H and O–H groups in total. The van der Waals surface area contributed by atoms with Crippen molar-refractivity contribution in [1.29, 1.82) is 0 Å². The zero-order valence-corrected chi connectivity index (χ0v) is 18.1. The van der Waals surface area contributed by atoms with Gasteiger partial charge < -0.3 is 4.74 Å². The Morgan fingerprint density at radius 1 is 1.17 bits per heavy atom. The molecule has 156 valence electrons. The maximum atomic E-state index is 14.3. The molecule has 10 heteroatoms. The lowest BCUT2D eigenvalue weighted by Crippen LogP contribution is -2.31. The van der Waals surface area contributed by atoms with Crippen LogP contribution in [0, 0.1) is 12.7 Å². The van der Waals surface area contributed by atoms with Gasteiger partial charge in [-0.3, -0.25) is 9.78 Å². The fraction of sp³-hybridized carbons (Fsp3) is 0.100. The van der Waals surface area contributed by atoms with Crippen LogP contribution in [0.3, 0.4) is 0 Å². The number of methoxy groups -OCH3 is 1. The van der Waals surface area contributed by atoms with Gasteiger partial charge in [0.05, 0.1) is 29.0 Å². The van der Waals surface area contributed by atoms with Crippen molar-refractivity contribution < 1.29 is 22.3 Å². The number of sulfonamides is 1. The number of nitrogens with zero attached hydrogens (tertiary/aromatic N) is 1. The van der Waals surface area contributed by atoms with Crippen LogP contribution >= 0.6 is 23.2 Å². The minimum absolute atomic E-state index is 0.00602. The Morgan fingerprint density at radius 3 is 2.53 bits per heavy atom. The van der Waals surface area contributed by atoms with E-state index in [9.17, 15) is 17.6 Å². The molecule has 1 aromatic heterocycles. The van der Waals surface area contributed by atoms with Crippen LogP contribution in [0.2, 0.25) is 10.0 Å². The van der Waals surface area contributed by atoms with Crippen LogP contribution in [0.15, 0.2) is 53.6 Å². The van der Waals surface area contributed by atoms with Crippen LogP contribution in [0.25, 0.3) is 11.3 Å². The summed E-state index contributed by atoms with van der Waals surface area (Å²) < 4.78 is 46.7. The van der Waals surface area contributed by atoms with Crippen LogP contribution in [0.5, 0.6) is 5.75 Å². The fourth-order valence-corrected chi connectivity index (χ4v) is 4.26. The Bertz CT molecular complexity index is 1250. The Labute approximate surface area is 182 Å². The van der Waals surface area contributed by atoms with Gasteiger partial charge in [-0.25, -0.2) is 17.5 Å². The summed E-state index contributed by atoms with van der Waals surface area (Å²) in [6, 6.07) is 9.65. The molecule has 3 rings (SSSR count). The summed E-state index contributed by atoms with van der Waals surface area (Å²) in [5.41, 5.74) is 0.648. The molecule has 0 saturated heterocycles. The van der Waals surface area contributed by atoms with Crippen LogP contribution in [-0.2, 0) is 10.0 Å². The number of hydrogen-bond acceptors (Lipinski definition) is 5. The summed E-state index contributed by atoms with van der Waals surface area (Å²) in [5, 5.41) is 0.310. The molecule has 0 aliphatic carbocycles. The highest BCUT2D eigenvalue weighted by atomic mass is 35.5. The highest BCUT2D eigenvalue weighted by Crippen LogP contribution is 2.33. The lowest BCUT2D eigenvalue weighted by molar-refractivity contribution is 0.0981. The van der Waals surface area contributed by atoms with E-state index >= 15 is 0 Å². The van der Waals surface area contributed by atoms with Crippen molar-refractivity contribution in [2.24, 2.45) is 0 Å². The van der Waals surface area contributed by atoms with Gasteiger partial charge in [0.2, 0.25) is 0 Å². The Morgan fingerprint density at radius 2 is 1.90 bits per heavy atom. The van der Waals surface area contributed by atoms with Gasteiger partial charge in [0, 0.05) is 11.2 Å². The molecule has 2 aromatic carbocycles. The van der Waals surface area contributed by atoms with Gasteiger partial charge in [-0.05, 0) is 48.9 Å². The SMILES string of the molecule is COc1cccc(F)c1-c1ncc(S(=O)(=O)NC(=O)c2ccc(Cl)cc2Cl)cc1C. The first-order valence-corrected chi connectivity index (χ1v) is 10.7. The normalized spacial score (nSPS) is 11.2. The van der Waals surface area contributed by atoms with Crippen LogP contribution < -0.4 is 9.46 Å². The van der Waals surface area contributed by atoms with Crippen molar-refractivity contribution in [3.05, 3.63) is 75.7 Å². The van der Waals surface area contributed by atoms with E-state index in [4.69, 9.17) is 27.9 Å². The number of pyridine rings is 1. The first-order valence-electron chi connectivity index (χ1n) is 8.45. The Kier molecular flexibility index (Phi) is 6.30. The molecular weight excluding hydrogens is 454 g/mol. The van der Waals surface area contributed by atoms with Crippen molar-refractivity contribution in [3.8, 4) is 17.0 Å². The van der Waals surface area contributed by atoms with E-state index in [1.165, 1.54) is 43.5 Å². The molecule has 1 amide bonds. The molecule has 0 fully saturated rings. The molecule has 3 aromatic rings. The van der Waals surface area contributed by atoms with Gasteiger partial charge in [-0.1, -0.05) is 29.3 Å². The Balaban J connectivity index is 1.95. The first-order chi connectivity index (χ1) is 14.1. The Hall–Kier alpha value is -2.68. The number of hydrogen-bond donors (Lipinski definition) is 1. The van der Waals surface area contributed by atoms with E-state index in [-0.39, 0.29) is 32.5 Å². The van der Waals surface area contributed by atoms with Crippen LogP contribution in [0.4, 0.5) is 4.39 Å². The predicted molar refractivity (Wildman–Crippen MR) is 112 cm³/mol. The number of amides is 1. The zero-order valence-electron chi connectivity index (χ0n) is 15.7. The molecular formula is C20H15Cl2FN2O4S. The lowest BCUT2D eigenvalue weighted by Gasteiger charge is -2.13. The van der Waals surface area contributed by atoms with Gasteiger partial charge in [-0.2, -0.15) is 0 Å². The third-order valence-corrected chi connectivity index (χ3v) is 6.04. The predicted octanol–water partition coefficient (Wildman–Crippen LogP) is 4.63. The van der Waals surface area contributed by atoms with E-state index in [1.807, 2.05) is 4.72 Å². The number of halogens is 3. The number of carbonyl (C=O) groups excluding carboxylic acids is 1. The van der Waals surface area contributed by atoms with E-state index < -0.39 is 21.7 Å². The molecule has 6 nitrogen and oxygen atoms in total. The third kappa shape index (κ3) is 4.40. The maximum Gasteiger partial charge on any atom is 0.266 e. The summed E-state index contributed by atoms with van der Waals surface area (Å²) in [5.74, 6) is -1.23. The van der Waals surface area contributed by atoms with Crippen molar-refractivity contribution >= 4 is 39.1 Å². The van der Waals surface area contributed by atoms with Gasteiger partial charge in [-0.15, -0.1) is 0 Å². The molecule has 0 aliphatic rings. The average molecular weight is 469 g/mol. The van der Waals surface area contributed by atoms with E-state index in [0.717, 1.165) is 6.20 Å². The van der Waals surface area contributed by atoms with E-state index in [1.54, 1.807) is 13.0 Å². The number of nitrogens with one attached hydrogen (secondary N) is 1. The monoisotopic (exact) mass is 468 g/mol. The lowest BCUT2D eigenvalue weighted by atomic mass is 10.1. The molecule has 0 radical (unpaired) electrons. The summed E-state index contributed by atoms with van der Waals surface area (Å²) in [7, 11) is -2.87. The second kappa shape index (κ2) is 8.59. The molecule has 1 heterocycles. The molecule has 0 aliphatic heterocycles. The van der Waals surface area contributed by atoms with E-state index in [2.05, 4.69) is 4.98 Å². The first kappa shape index (κ1) is 22.0. The summed E-state index contributed by atoms with van der Waals surface area (Å²) in [4.78, 5) is 16.2. The summed E-state index contributed by atoms with van der Waals surface area (Å²) in [6.07, 6.45) is 1.04. The smallest absolute Gasteiger partial charge is 0.266 e. The van der Waals surface area contributed by atoms with Crippen LogP contribution in [-0.4, -0.2) is 26.4 Å². The van der Waals surface area contributed by atoms with Gasteiger partial charge >= 0.3 is 0 Å². The highest BCUT2D eigenvalue weighted by Gasteiger charge is 2.23. The molecule has 0 bridgehead atoms. The number of aromatic nitrogens is 1. The van der Waals surface area contributed by atoms with Gasteiger partial charge in [0.1, 0.15) is 16.5 Å². The number of ether oxygens (including phenoxy) is 1. The number of benzene rings is 2. The standard InChI is InChI=1S/C20H15Cl2FN2O4S/c1-11-8-13(10-24-19(11)18-16(23)4-3-5-17(18)29-2)30(27,28)25-20(26)14-7-6-12(21)9-15(14)22/h3-10H,1-2H3,(H,25,26). The summed E-state index contributed by atoms with van der Waals surface area (Å²) >= 11 is 11.7. The van der Waals surface area contributed by atoms with Crippen molar-refractivity contribution in [1.82, 2.24) is 9.71 Å². The molecule has 0 saturated carbocycles. The number of aryl methyl sites for hydroxylation is 1. The average Bonchev–Trinajstić information content (AvgIpc) is 2.67. The third-order valence-electron chi connectivity index (χ3n) is 4.20. The van der Waals surface area contributed by atoms with Crippen molar-refractivity contribution in [2.75, 3.05) is 7.11 Å². The zero-order chi connectivity index (χ0) is 22.1. The minimum atomic E-state index is -4.26. The quantitative estimate of drug-likeness (QED) is 0.589. The number of carbonyl (C=O) groups is 1. The van der Waals surface area contributed by atoms with Gasteiger partial charge in [0.25, 0.3) is 15.9 Å². The topological polar surface area (TPSA) is 85.4 Å². The second-order valence-corrected chi connectivity index (χ2v) is 8.74. The van der Waals surface area contributed by atoms with Crippen molar-refractivity contribution in [2.45, 2.75) is 11.8 Å². The molecule has 0 unspecified atom stereocenters. The highest BCUT2D eigenvalue weighted by molar-refractivity contribution is 7.90.